The summed E-state index contributed by atoms with van der Waals surface area (Å²) >= 11 is 0. The minimum Gasteiger partial charge on any atom is -0.444 e. The van der Waals surface area contributed by atoms with Crippen LogP contribution in [0.15, 0.2) is 24.8 Å². The number of nitrogens with one attached hydrogen (secondary N) is 1. The Labute approximate surface area is 110 Å². The second-order valence-corrected chi connectivity index (χ2v) is 6.00. The van der Waals surface area contributed by atoms with Gasteiger partial charge < -0.3 is 10.1 Å². The van der Waals surface area contributed by atoms with Crippen LogP contribution in [0.2, 0.25) is 0 Å². The fourth-order valence-electron chi connectivity index (χ4n) is 2.22. The van der Waals surface area contributed by atoms with E-state index >= 15 is 0 Å². The molecule has 0 spiro atoms. The van der Waals surface area contributed by atoms with Crippen molar-refractivity contribution < 1.29 is 9.53 Å². The van der Waals surface area contributed by atoms with E-state index in [-0.39, 0.29) is 17.6 Å². The molecule has 1 aliphatic rings. The van der Waals surface area contributed by atoms with Gasteiger partial charge in [0.1, 0.15) is 5.60 Å². The quantitative estimate of drug-likeness (QED) is 0.754. The molecule has 3 heteroatoms. The van der Waals surface area contributed by atoms with Gasteiger partial charge in [-0.15, -0.1) is 6.58 Å². The molecule has 1 N–H and O–H groups in total. The van der Waals surface area contributed by atoms with Crippen LogP contribution in [0.3, 0.4) is 0 Å². The van der Waals surface area contributed by atoms with Crippen LogP contribution in [-0.4, -0.2) is 17.2 Å². The Morgan fingerprint density at radius 2 is 2.17 bits per heavy atom. The third kappa shape index (κ3) is 3.37. The SMILES string of the molecule is C=C[C@@H]1C[C@]1(NC(=O)OC(C)(C)C)C(=C)CCC. The van der Waals surface area contributed by atoms with Crippen LogP contribution < -0.4 is 5.32 Å². The molecule has 1 aliphatic carbocycles. The summed E-state index contributed by atoms with van der Waals surface area (Å²) in [5.41, 5.74) is 0.275. The summed E-state index contributed by atoms with van der Waals surface area (Å²) < 4.78 is 5.31. The van der Waals surface area contributed by atoms with Gasteiger partial charge in [-0.2, -0.15) is 0 Å². The number of ether oxygens (including phenoxy) is 1. The second kappa shape index (κ2) is 5.17. The average Bonchev–Trinajstić information content (AvgIpc) is 2.90. The van der Waals surface area contributed by atoms with Crippen molar-refractivity contribution >= 4 is 6.09 Å². The Morgan fingerprint density at radius 3 is 2.56 bits per heavy atom. The van der Waals surface area contributed by atoms with Gasteiger partial charge >= 0.3 is 6.09 Å². The van der Waals surface area contributed by atoms with E-state index in [0.717, 1.165) is 24.8 Å². The molecule has 0 aromatic carbocycles. The molecule has 102 valence electrons. The normalized spacial score (nSPS) is 26.3. The standard InChI is InChI=1S/C15H25NO2/c1-7-9-11(3)15(10-12(15)8-2)16-13(17)18-14(4,5)6/h8,12H,2-3,7,9-10H2,1,4-6H3,(H,16,17)/t12-,15+/m1/s1. The third-order valence-electron chi connectivity index (χ3n) is 3.21. The van der Waals surface area contributed by atoms with Crippen LogP contribution in [0.4, 0.5) is 4.79 Å². The van der Waals surface area contributed by atoms with E-state index in [1.54, 1.807) is 0 Å². The lowest BCUT2D eigenvalue weighted by Crippen LogP contribution is -2.42. The molecule has 0 bridgehead atoms. The van der Waals surface area contributed by atoms with Crippen LogP contribution in [0, 0.1) is 5.92 Å². The molecule has 0 saturated heterocycles. The van der Waals surface area contributed by atoms with Crippen LogP contribution in [-0.2, 0) is 4.74 Å². The van der Waals surface area contributed by atoms with E-state index in [1.165, 1.54) is 0 Å². The van der Waals surface area contributed by atoms with Crippen molar-refractivity contribution in [3.05, 3.63) is 24.8 Å². The molecule has 0 unspecified atom stereocenters. The molecule has 1 rings (SSSR count). The second-order valence-electron chi connectivity index (χ2n) is 6.00. The lowest BCUT2D eigenvalue weighted by Gasteiger charge is -2.25. The van der Waals surface area contributed by atoms with Gasteiger partial charge in [0.15, 0.2) is 0 Å². The van der Waals surface area contributed by atoms with Crippen molar-refractivity contribution in [2.24, 2.45) is 5.92 Å². The summed E-state index contributed by atoms with van der Waals surface area (Å²) in [5, 5.41) is 2.98. The van der Waals surface area contributed by atoms with Crippen molar-refractivity contribution in [3.8, 4) is 0 Å². The fraction of sp³-hybridized carbons (Fsp3) is 0.667. The highest BCUT2D eigenvalue weighted by molar-refractivity contribution is 5.71. The number of alkyl carbamates (subject to hydrolysis) is 1. The first-order valence-corrected chi connectivity index (χ1v) is 6.57. The number of carbonyl (C=O) groups is 1. The lowest BCUT2D eigenvalue weighted by molar-refractivity contribution is 0.0502. The zero-order valence-corrected chi connectivity index (χ0v) is 12.0. The van der Waals surface area contributed by atoms with Gasteiger partial charge in [0.2, 0.25) is 0 Å². The third-order valence-corrected chi connectivity index (χ3v) is 3.21. The van der Waals surface area contributed by atoms with Crippen molar-refractivity contribution in [1.82, 2.24) is 5.32 Å². The molecule has 0 heterocycles. The highest BCUT2D eigenvalue weighted by atomic mass is 16.6. The molecule has 3 nitrogen and oxygen atoms in total. The Bertz CT molecular complexity index is 354. The highest BCUT2D eigenvalue weighted by Gasteiger charge is 2.55. The maximum atomic E-state index is 11.9. The van der Waals surface area contributed by atoms with E-state index in [0.29, 0.717) is 0 Å². The van der Waals surface area contributed by atoms with Crippen LogP contribution in [0.5, 0.6) is 0 Å². The van der Waals surface area contributed by atoms with Crippen LogP contribution in [0.1, 0.15) is 47.0 Å². The number of rotatable bonds is 5. The predicted molar refractivity (Wildman–Crippen MR) is 74.5 cm³/mol. The summed E-state index contributed by atoms with van der Waals surface area (Å²) in [6, 6.07) is 0. The zero-order valence-electron chi connectivity index (χ0n) is 12.0. The molecule has 1 saturated carbocycles. The van der Waals surface area contributed by atoms with E-state index < -0.39 is 5.60 Å². The molecule has 2 atom stereocenters. The number of hydrogen-bond donors (Lipinski definition) is 1. The smallest absolute Gasteiger partial charge is 0.408 e. The highest BCUT2D eigenvalue weighted by Crippen LogP contribution is 2.50. The summed E-state index contributed by atoms with van der Waals surface area (Å²) in [7, 11) is 0. The van der Waals surface area contributed by atoms with E-state index in [9.17, 15) is 4.79 Å². The molecular formula is C15H25NO2. The molecule has 1 fully saturated rings. The zero-order chi connectivity index (χ0) is 14.0. The monoisotopic (exact) mass is 251 g/mol. The Hall–Kier alpha value is -1.25. The Kier molecular flexibility index (Phi) is 4.25. The first-order chi connectivity index (χ1) is 8.25. The summed E-state index contributed by atoms with van der Waals surface area (Å²) in [5.74, 6) is 0.282. The van der Waals surface area contributed by atoms with Gasteiger partial charge in [-0.05, 0) is 33.6 Å². The average molecular weight is 251 g/mol. The van der Waals surface area contributed by atoms with Gasteiger partial charge in [0.25, 0.3) is 0 Å². The number of amides is 1. The predicted octanol–water partition coefficient (Wildman–Crippen LogP) is 3.81. The Morgan fingerprint density at radius 1 is 1.56 bits per heavy atom. The molecule has 0 radical (unpaired) electrons. The van der Waals surface area contributed by atoms with Crippen molar-refractivity contribution in [2.75, 3.05) is 0 Å². The summed E-state index contributed by atoms with van der Waals surface area (Å²) in [6.07, 6.45) is 4.34. The lowest BCUT2D eigenvalue weighted by atomic mass is 9.99. The van der Waals surface area contributed by atoms with Gasteiger partial charge in [0.05, 0.1) is 5.54 Å². The number of hydrogen-bond acceptors (Lipinski definition) is 2. The number of carbonyl (C=O) groups excluding carboxylic acids is 1. The van der Waals surface area contributed by atoms with Crippen molar-refractivity contribution in [3.63, 3.8) is 0 Å². The first kappa shape index (κ1) is 14.8. The maximum Gasteiger partial charge on any atom is 0.408 e. The fourth-order valence-corrected chi connectivity index (χ4v) is 2.22. The van der Waals surface area contributed by atoms with E-state index in [4.69, 9.17) is 4.74 Å². The van der Waals surface area contributed by atoms with Crippen LogP contribution in [0.25, 0.3) is 0 Å². The molecule has 0 aliphatic heterocycles. The minimum atomic E-state index is -0.476. The van der Waals surface area contributed by atoms with Crippen LogP contribution >= 0.6 is 0 Å². The molecule has 1 amide bonds. The summed E-state index contributed by atoms with van der Waals surface area (Å²) in [6.45, 7) is 15.6. The topological polar surface area (TPSA) is 38.3 Å². The minimum absolute atomic E-state index is 0.282. The van der Waals surface area contributed by atoms with Crippen molar-refractivity contribution in [2.45, 2.75) is 58.1 Å². The molecule has 0 aromatic rings. The maximum absolute atomic E-state index is 11.9. The van der Waals surface area contributed by atoms with Gasteiger partial charge in [-0.1, -0.05) is 31.6 Å². The van der Waals surface area contributed by atoms with Gasteiger partial charge in [0, 0.05) is 5.92 Å². The molecule has 0 aromatic heterocycles. The Balaban J connectivity index is 2.68. The van der Waals surface area contributed by atoms with Crippen molar-refractivity contribution in [1.29, 1.82) is 0 Å². The molecular weight excluding hydrogens is 226 g/mol. The molecule has 18 heavy (non-hydrogen) atoms. The summed E-state index contributed by atoms with van der Waals surface area (Å²) in [4.78, 5) is 11.9. The van der Waals surface area contributed by atoms with E-state index in [2.05, 4.69) is 25.4 Å². The first-order valence-electron chi connectivity index (χ1n) is 6.57. The largest absolute Gasteiger partial charge is 0.444 e. The van der Waals surface area contributed by atoms with E-state index in [1.807, 2.05) is 26.8 Å². The van der Waals surface area contributed by atoms with Gasteiger partial charge in [-0.25, -0.2) is 4.79 Å². The van der Waals surface area contributed by atoms with Gasteiger partial charge in [-0.3, -0.25) is 0 Å².